The van der Waals surface area contributed by atoms with Gasteiger partial charge in [-0.2, -0.15) is 5.26 Å². The van der Waals surface area contributed by atoms with Gasteiger partial charge in [-0.25, -0.2) is 0 Å². The summed E-state index contributed by atoms with van der Waals surface area (Å²) in [6.45, 7) is 2.16. The van der Waals surface area contributed by atoms with E-state index in [9.17, 15) is 4.79 Å². The van der Waals surface area contributed by atoms with E-state index in [1.54, 1.807) is 0 Å². The number of hydrogen-bond donors (Lipinski definition) is 1. The molecule has 0 aromatic carbocycles. The summed E-state index contributed by atoms with van der Waals surface area (Å²) < 4.78 is 0. The van der Waals surface area contributed by atoms with E-state index in [4.69, 9.17) is 5.26 Å². The lowest BCUT2D eigenvalue weighted by atomic mass is 9.86. The first-order chi connectivity index (χ1) is 6.24. The first-order valence-electron chi connectivity index (χ1n) is 4.90. The van der Waals surface area contributed by atoms with E-state index in [0.29, 0.717) is 12.0 Å². The molecule has 0 heterocycles. The van der Waals surface area contributed by atoms with E-state index in [1.807, 2.05) is 6.07 Å². The topological polar surface area (TPSA) is 52.9 Å². The van der Waals surface area contributed by atoms with Gasteiger partial charge in [-0.1, -0.05) is 19.8 Å². The number of nitriles is 1. The molecular formula is C10H16N2O. The third-order valence-corrected chi connectivity index (χ3v) is 2.70. The number of carbonyl (C=O) groups excluding carboxylic acids is 1. The fourth-order valence-electron chi connectivity index (χ4n) is 1.86. The van der Waals surface area contributed by atoms with Crippen molar-refractivity contribution in [3.63, 3.8) is 0 Å². The van der Waals surface area contributed by atoms with Gasteiger partial charge in [0.2, 0.25) is 5.91 Å². The van der Waals surface area contributed by atoms with E-state index >= 15 is 0 Å². The molecule has 0 unspecified atom stereocenters. The zero-order valence-electron chi connectivity index (χ0n) is 8.05. The van der Waals surface area contributed by atoms with Gasteiger partial charge in [0.15, 0.2) is 0 Å². The van der Waals surface area contributed by atoms with Crippen LogP contribution in [0.5, 0.6) is 0 Å². The molecule has 13 heavy (non-hydrogen) atoms. The maximum absolute atomic E-state index is 11.1. The van der Waals surface area contributed by atoms with Crippen LogP contribution < -0.4 is 5.32 Å². The molecule has 1 saturated carbocycles. The van der Waals surface area contributed by atoms with E-state index in [-0.39, 0.29) is 12.3 Å². The maximum Gasteiger partial charge on any atom is 0.234 e. The van der Waals surface area contributed by atoms with Gasteiger partial charge in [-0.15, -0.1) is 0 Å². The minimum Gasteiger partial charge on any atom is -0.352 e. The summed E-state index contributed by atoms with van der Waals surface area (Å²) in [6.07, 6.45) is 4.71. The normalized spacial score (nSPS) is 27.7. The fraction of sp³-hybridized carbons (Fsp3) is 0.800. The largest absolute Gasteiger partial charge is 0.352 e. The molecule has 1 rings (SSSR count). The summed E-state index contributed by atoms with van der Waals surface area (Å²) in [5.74, 6) is 0.442. The van der Waals surface area contributed by atoms with Gasteiger partial charge < -0.3 is 5.32 Å². The summed E-state index contributed by atoms with van der Waals surface area (Å²) >= 11 is 0. The van der Waals surface area contributed by atoms with Crippen LogP contribution in [0, 0.1) is 17.2 Å². The summed E-state index contributed by atoms with van der Waals surface area (Å²) in [5.41, 5.74) is 0. The van der Waals surface area contributed by atoms with Crippen molar-refractivity contribution in [2.45, 2.75) is 45.1 Å². The van der Waals surface area contributed by atoms with Crippen molar-refractivity contribution < 1.29 is 4.79 Å². The molecule has 3 heteroatoms. The zero-order chi connectivity index (χ0) is 9.68. The summed E-state index contributed by atoms with van der Waals surface area (Å²) in [6, 6.07) is 2.16. The van der Waals surface area contributed by atoms with Crippen LogP contribution in [-0.2, 0) is 4.79 Å². The number of nitrogens with zero attached hydrogens (tertiary/aromatic N) is 1. The third-order valence-electron chi connectivity index (χ3n) is 2.70. The minimum absolute atomic E-state index is 0.0107. The molecule has 3 nitrogen and oxygen atoms in total. The van der Waals surface area contributed by atoms with Crippen LogP contribution in [0.1, 0.15) is 39.0 Å². The molecule has 0 aromatic rings. The monoisotopic (exact) mass is 180 g/mol. The second-order valence-electron chi connectivity index (χ2n) is 3.77. The van der Waals surface area contributed by atoms with Crippen LogP contribution in [-0.4, -0.2) is 11.9 Å². The quantitative estimate of drug-likeness (QED) is 0.701. The van der Waals surface area contributed by atoms with Crippen molar-refractivity contribution in [3.05, 3.63) is 0 Å². The van der Waals surface area contributed by atoms with Gasteiger partial charge in [0, 0.05) is 6.04 Å². The van der Waals surface area contributed by atoms with Gasteiger partial charge in [0.25, 0.3) is 0 Å². The number of carbonyl (C=O) groups is 1. The Morgan fingerprint density at radius 2 is 2.23 bits per heavy atom. The van der Waals surface area contributed by atoms with Crippen LogP contribution in [0.25, 0.3) is 0 Å². The average Bonchev–Trinajstić information content (AvgIpc) is 2.09. The van der Waals surface area contributed by atoms with Crippen molar-refractivity contribution in [2.24, 2.45) is 5.92 Å². The maximum atomic E-state index is 11.1. The van der Waals surface area contributed by atoms with Crippen LogP contribution >= 0.6 is 0 Å². The number of rotatable bonds is 2. The first kappa shape index (κ1) is 10.0. The molecule has 1 aliphatic carbocycles. The van der Waals surface area contributed by atoms with Gasteiger partial charge in [0.05, 0.1) is 6.07 Å². The van der Waals surface area contributed by atoms with E-state index in [1.165, 1.54) is 19.3 Å². The smallest absolute Gasteiger partial charge is 0.234 e. The standard InChI is InChI=1S/C10H16N2O/c1-8-4-2-3-5-9(8)12-10(13)6-7-11/h8-9H,2-6H2,1H3,(H,12,13)/t8-,9-/m1/s1. The Bertz CT molecular complexity index is 219. The average molecular weight is 180 g/mol. The zero-order valence-corrected chi connectivity index (χ0v) is 8.05. The molecule has 1 N–H and O–H groups in total. The number of hydrogen-bond acceptors (Lipinski definition) is 2. The van der Waals surface area contributed by atoms with Crippen molar-refractivity contribution >= 4 is 5.91 Å². The molecule has 0 aromatic heterocycles. The van der Waals surface area contributed by atoms with Crippen LogP contribution in [0.4, 0.5) is 0 Å². The lowest BCUT2D eigenvalue weighted by molar-refractivity contribution is -0.121. The molecule has 1 fully saturated rings. The Kier molecular flexibility index (Phi) is 3.75. The van der Waals surface area contributed by atoms with E-state index in [0.717, 1.165) is 6.42 Å². The summed E-state index contributed by atoms with van der Waals surface area (Å²) in [4.78, 5) is 11.1. The molecule has 0 saturated heterocycles. The molecule has 72 valence electrons. The molecule has 0 spiro atoms. The predicted molar refractivity (Wildman–Crippen MR) is 49.8 cm³/mol. The van der Waals surface area contributed by atoms with Crippen LogP contribution in [0.15, 0.2) is 0 Å². The highest BCUT2D eigenvalue weighted by atomic mass is 16.1. The first-order valence-corrected chi connectivity index (χ1v) is 4.90. The highest BCUT2D eigenvalue weighted by Crippen LogP contribution is 2.23. The Morgan fingerprint density at radius 3 is 2.85 bits per heavy atom. The van der Waals surface area contributed by atoms with E-state index < -0.39 is 0 Å². The van der Waals surface area contributed by atoms with Crippen molar-refractivity contribution in [1.29, 1.82) is 5.26 Å². The summed E-state index contributed by atoms with van der Waals surface area (Å²) in [7, 11) is 0. The number of amides is 1. The lowest BCUT2D eigenvalue weighted by Gasteiger charge is -2.29. The molecule has 2 atom stereocenters. The molecular weight excluding hydrogens is 164 g/mol. The van der Waals surface area contributed by atoms with E-state index in [2.05, 4.69) is 12.2 Å². The Balaban J connectivity index is 2.34. The highest BCUT2D eigenvalue weighted by molar-refractivity contribution is 5.78. The Labute approximate surface area is 79.1 Å². The van der Waals surface area contributed by atoms with Crippen LogP contribution in [0.2, 0.25) is 0 Å². The Hall–Kier alpha value is -1.04. The number of nitrogens with one attached hydrogen (secondary N) is 1. The van der Waals surface area contributed by atoms with Crippen molar-refractivity contribution in [2.75, 3.05) is 0 Å². The molecule has 0 bridgehead atoms. The van der Waals surface area contributed by atoms with Gasteiger partial charge >= 0.3 is 0 Å². The predicted octanol–water partition coefficient (Wildman–Crippen LogP) is 1.59. The van der Waals surface area contributed by atoms with Crippen molar-refractivity contribution in [1.82, 2.24) is 5.32 Å². The highest BCUT2D eigenvalue weighted by Gasteiger charge is 2.22. The molecule has 1 amide bonds. The van der Waals surface area contributed by atoms with Crippen molar-refractivity contribution in [3.8, 4) is 6.07 Å². The van der Waals surface area contributed by atoms with Gasteiger partial charge in [0.1, 0.15) is 6.42 Å². The van der Waals surface area contributed by atoms with Crippen LogP contribution in [0.3, 0.4) is 0 Å². The lowest BCUT2D eigenvalue weighted by Crippen LogP contribution is -2.40. The summed E-state index contributed by atoms with van der Waals surface area (Å²) in [5, 5.41) is 11.2. The Morgan fingerprint density at radius 1 is 1.54 bits per heavy atom. The molecule has 1 aliphatic rings. The SMILES string of the molecule is C[C@@H]1CCCC[C@H]1NC(=O)CC#N. The molecule has 0 aliphatic heterocycles. The minimum atomic E-state index is -0.124. The molecule has 0 radical (unpaired) electrons. The fourth-order valence-corrected chi connectivity index (χ4v) is 1.86. The van der Waals surface area contributed by atoms with Gasteiger partial charge in [-0.3, -0.25) is 4.79 Å². The second kappa shape index (κ2) is 4.86. The van der Waals surface area contributed by atoms with Gasteiger partial charge in [-0.05, 0) is 18.8 Å². The third kappa shape index (κ3) is 3.06. The second-order valence-corrected chi connectivity index (χ2v) is 3.77.